The van der Waals surface area contributed by atoms with Gasteiger partial charge in [-0.3, -0.25) is 14.5 Å². The van der Waals surface area contributed by atoms with E-state index < -0.39 is 0 Å². The van der Waals surface area contributed by atoms with E-state index >= 15 is 0 Å². The molecule has 0 bridgehead atoms. The maximum Gasteiger partial charge on any atom is 0.326 e. The number of nitrogens with zero attached hydrogens (tertiary/aromatic N) is 2. The fourth-order valence-electron chi connectivity index (χ4n) is 5.86. The van der Waals surface area contributed by atoms with Crippen LogP contribution in [0.4, 0.5) is 16.3 Å². The van der Waals surface area contributed by atoms with E-state index in [1.165, 1.54) is 17.8 Å². The van der Waals surface area contributed by atoms with Crippen molar-refractivity contribution < 1.29 is 14.4 Å². The van der Waals surface area contributed by atoms with Gasteiger partial charge in [0.25, 0.3) is 5.91 Å². The normalized spacial score (nSPS) is 28.6. The van der Waals surface area contributed by atoms with Crippen LogP contribution in [0, 0.1) is 12.8 Å². The van der Waals surface area contributed by atoms with Crippen molar-refractivity contribution in [3.8, 4) is 0 Å². The Kier molecular flexibility index (Phi) is 7.17. The zero-order chi connectivity index (χ0) is 26.3. The molecule has 4 heterocycles. The third-order valence-corrected chi connectivity index (χ3v) is 8.83. The molecule has 11 heteroatoms. The van der Waals surface area contributed by atoms with Crippen LogP contribution in [-0.4, -0.2) is 58.9 Å². The second kappa shape index (κ2) is 10.4. The Bertz CT molecular complexity index is 1150. The van der Waals surface area contributed by atoms with Crippen molar-refractivity contribution in [2.75, 3.05) is 16.8 Å². The lowest BCUT2D eigenvalue weighted by molar-refractivity contribution is -0.119. The Labute approximate surface area is 221 Å². The molecule has 3 fully saturated rings. The monoisotopic (exact) mass is 525 g/mol. The summed E-state index contributed by atoms with van der Waals surface area (Å²) in [6.45, 7) is 10.4. The molecule has 5 N–H and O–H groups in total. The van der Waals surface area contributed by atoms with E-state index in [9.17, 15) is 14.4 Å². The Morgan fingerprint density at radius 1 is 1.24 bits per heavy atom. The van der Waals surface area contributed by atoms with Crippen molar-refractivity contribution in [3.05, 3.63) is 41.1 Å². The molecule has 1 aliphatic carbocycles. The summed E-state index contributed by atoms with van der Waals surface area (Å²) in [4.78, 5) is 45.7. The van der Waals surface area contributed by atoms with E-state index in [4.69, 9.17) is 0 Å². The van der Waals surface area contributed by atoms with Gasteiger partial charge in [0, 0.05) is 29.7 Å². The number of aryl methyl sites for hydroxylation is 1. The van der Waals surface area contributed by atoms with E-state index in [1.54, 1.807) is 6.20 Å². The summed E-state index contributed by atoms with van der Waals surface area (Å²) in [5.74, 6) is 0.307. The van der Waals surface area contributed by atoms with E-state index in [-0.39, 0.29) is 53.3 Å². The average molecular weight is 526 g/mol. The molecule has 0 aromatic carbocycles. The van der Waals surface area contributed by atoms with E-state index in [0.29, 0.717) is 10.6 Å². The molecule has 198 valence electrons. The number of anilines is 2. The molecule has 4 aliphatic rings. The van der Waals surface area contributed by atoms with Crippen molar-refractivity contribution in [2.24, 2.45) is 5.92 Å². The average Bonchev–Trinajstić information content (AvgIpc) is 3.44. The summed E-state index contributed by atoms with van der Waals surface area (Å²) in [6.07, 6.45) is 6.31. The molecular weight excluding hydrogens is 490 g/mol. The molecule has 2 saturated heterocycles. The first kappa shape index (κ1) is 25.6. The van der Waals surface area contributed by atoms with Crippen LogP contribution in [0.3, 0.4) is 0 Å². The number of amides is 4. The summed E-state index contributed by atoms with van der Waals surface area (Å²) < 4.78 is 0. The fraction of sp³-hybridized carbons (Fsp3) is 0.538. The zero-order valence-corrected chi connectivity index (χ0v) is 22.3. The molecule has 10 nitrogen and oxygen atoms in total. The number of nitrogens with one attached hydrogen (secondary N) is 5. The molecule has 4 amide bonds. The molecule has 5 atom stereocenters. The minimum absolute atomic E-state index is 0.00686. The highest BCUT2D eigenvalue weighted by Crippen LogP contribution is 2.48. The number of piperidine rings is 1. The van der Waals surface area contributed by atoms with Crippen LogP contribution in [0.5, 0.6) is 0 Å². The highest BCUT2D eigenvalue weighted by molar-refractivity contribution is 8.04. The third kappa shape index (κ3) is 4.94. The maximum atomic E-state index is 13.5. The number of urea groups is 1. The number of thioether (sulfide) groups is 1. The van der Waals surface area contributed by atoms with Crippen molar-refractivity contribution in [1.29, 1.82) is 0 Å². The zero-order valence-electron chi connectivity index (χ0n) is 21.5. The predicted octanol–water partition coefficient (Wildman–Crippen LogP) is 2.34. The summed E-state index contributed by atoms with van der Waals surface area (Å²) in [6, 6.07) is 1.63. The molecule has 3 unspecified atom stereocenters. The number of carbonyl (C=O) groups is 3. The quantitative estimate of drug-likeness (QED) is 0.346. The van der Waals surface area contributed by atoms with Gasteiger partial charge in [-0.2, -0.15) is 0 Å². The maximum absolute atomic E-state index is 13.5. The molecule has 1 aromatic rings. The van der Waals surface area contributed by atoms with Crippen LogP contribution in [-0.2, 0) is 9.59 Å². The topological polar surface area (TPSA) is 127 Å². The van der Waals surface area contributed by atoms with Crippen LogP contribution >= 0.6 is 11.8 Å². The molecule has 0 radical (unpaired) electrons. The Balaban J connectivity index is 1.38. The third-order valence-electron chi connectivity index (χ3n) is 7.47. The Morgan fingerprint density at radius 2 is 2.00 bits per heavy atom. The second-order valence-electron chi connectivity index (χ2n) is 10.4. The molecule has 37 heavy (non-hydrogen) atoms. The number of rotatable bonds is 7. The minimum atomic E-state index is -0.240. The summed E-state index contributed by atoms with van der Waals surface area (Å²) >= 11 is 1.48. The van der Waals surface area contributed by atoms with Gasteiger partial charge in [-0.1, -0.05) is 18.3 Å². The van der Waals surface area contributed by atoms with E-state index in [2.05, 4.69) is 52.0 Å². The van der Waals surface area contributed by atoms with Crippen molar-refractivity contribution >= 4 is 41.1 Å². The minimum Gasteiger partial charge on any atom is -0.368 e. The van der Waals surface area contributed by atoms with Gasteiger partial charge in [0.05, 0.1) is 28.2 Å². The molecule has 3 aliphatic heterocycles. The van der Waals surface area contributed by atoms with Gasteiger partial charge in [0.1, 0.15) is 5.82 Å². The van der Waals surface area contributed by atoms with Gasteiger partial charge in [-0.15, -0.1) is 0 Å². The highest BCUT2D eigenvalue weighted by Gasteiger charge is 2.52. The van der Waals surface area contributed by atoms with Crippen molar-refractivity contribution in [2.45, 2.75) is 76.0 Å². The summed E-state index contributed by atoms with van der Waals surface area (Å²) in [5, 5.41) is 15.9. The van der Waals surface area contributed by atoms with Gasteiger partial charge in [-0.25, -0.2) is 9.78 Å². The first-order valence-corrected chi connectivity index (χ1v) is 13.9. The molecule has 1 aromatic heterocycles. The molecular formula is C26H35N7O3S. The van der Waals surface area contributed by atoms with Gasteiger partial charge in [-0.05, 0) is 70.7 Å². The van der Waals surface area contributed by atoms with E-state index in [0.717, 1.165) is 49.3 Å². The van der Waals surface area contributed by atoms with Gasteiger partial charge >= 0.3 is 6.03 Å². The van der Waals surface area contributed by atoms with Crippen LogP contribution in [0.15, 0.2) is 35.5 Å². The lowest BCUT2D eigenvalue weighted by Gasteiger charge is -2.46. The van der Waals surface area contributed by atoms with Crippen LogP contribution in [0.1, 0.15) is 45.1 Å². The lowest BCUT2D eigenvalue weighted by atomic mass is 9.86. The van der Waals surface area contributed by atoms with Crippen molar-refractivity contribution in [3.63, 3.8) is 0 Å². The van der Waals surface area contributed by atoms with Gasteiger partial charge in [0.15, 0.2) is 0 Å². The number of carbonyl (C=O) groups excluding carboxylic acids is 3. The van der Waals surface area contributed by atoms with Crippen molar-refractivity contribution in [1.82, 2.24) is 26.3 Å². The molecule has 0 spiro atoms. The fourth-order valence-corrected chi connectivity index (χ4v) is 7.26. The number of aromatic nitrogens is 1. The highest BCUT2D eigenvalue weighted by atomic mass is 32.2. The van der Waals surface area contributed by atoms with E-state index in [1.807, 2.05) is 17.9 Å². The van der Waals surface area contributed by atoms with Crippen LogP contribution < -0.4 is 31.5 Å². The lowest BCUT2D eigenvalue weighted by Crippen LogP contribution is -2.62. The predicted molar refractivity (Wildman–Crippen MR) is 145 cm³/mol. The van der Waals surface area contributed by atoms with Gasteiger partial charge < -0.3 is 26.6 Å². The molecule has 1 saturated carbocycles. The summed E-state index contributed by atoms with van der Waals surface area (Å²) in [5.41, 5.74) is 2.44. The second-order valence-corrected chi connectivity index (χ2v) is 11.6. The molecule has 5 rings (SSSR count). The number of hydrogen-bond acceptors (Lipinski definition) is 7. The first-order valence-electron chi connectivity index (χ1n) is 13.0. The van der Waals surface area contributed by atoms with Gasteiger partial charge in [0.2, 0.25) is 5.91 Å². The standard InChI is InChI=1S/C26H35N7O3S/c1-5-20(34)30-15-7-6-8-16(15)31-24(35)23-22-21-17(9-10-27-25(21)37-23)33(26(36)32-22)18-12-28-19(11-14(18)4)29-13(2)3/h5,11-13,15-17,21,25,27H,1,6-10H2,2-4H3,(H,28,29)(H,30,34)(H,31,35)(H,32,36)/t15-,16+,17?,21?,25?/m0/s1. The Morgan fingerprint density at radius 3 is 2.70 bits per heavy atom. The van der Waals surface area contributed by atoms with Crippen LogP contribution in [0.2, 0.25) is 0 Å². The number of pyridine rings is 1. The first-order chi connectivity index (χ1) is 17.8. The number of hydrogen-bond donors (Lipinski definition) is 5. The largest absolute Gasteiger partial charge is 0.368 e. The smallest absolute Gasteiger partial charge is 0.326 e. The SMILES string of the molecule is C=CC(=O)N[C@H]1CCC[C@H]1NC(=O)C1=C2NC(=O)N(c3cnc(NC(C)C)cc3C)C3CCNC(S1)C23. The Hall–Kier alpha value is -3.05. The van der Waals surface area contributed by atoms with Crippen LogP contribution in [0.25, 0.3) is 0 Å². The summed E-state index contributed by atoms with van der Waals surface area (Å²) in [7, 11) is 0.